The minimum Gasteiger partial charge on any atom is -0.308 e. The predicted octanol–water partition coefficient (Wildman–Crippen LogP) is 7.49. The van der Waals surface area contributed by atoms with E-state index in [0.29, 0.717) is 27.1 Å². The van der Waals surface area contributed by atoms with Crippen molar-refractivity contribution < 1.29 is 0 Å². The van der Waals surface area contributed by atoms with Gasteiger partial charge in [-0.1, -0.05) is 66.4 Å². The topological polar surface area (TPSA) is 41.8 Å². The van der Waals surface area contributed by atoms with Crippen LogP contribution in [0.5, 0.6) is 0 Å². The molecule has 8 rings (SSSR count). The van der Waals surface area contributed by atoms with Gasteiger partial charge in [0.15, 0.2) is 10.9 Å². The Morgan fingerprint density at radius 2 is 1.19 bits per heavy atom. The van der Waals surface area contributed by atoms with Crippen molar-refractivity contribution in [1.29, 1.82) is 0 Å². The standard InChI is InChI=1S/C32H18N2O2S/c35-30-20-12-4-6-14-23(20)34-24-15-7-5-13-21(24)31(36)28-29(34)22(30)18-26-32(28)37-27-17-9-8-16-25(27)33(26)19-10-2-1-3-11-19/h1-18H. The lowest BCUT2D eigenvalue weighted by Gasteiger charge is -2.34. The minimum absolute atomic E-state index is 0.0491. The number of benzene rings is 5. The van der Waals surface area contributed by atoms with Crippen molar-refractivity contribution in [2.24, 2.45) is 0 Å². The van der Waals surface area contributed by atoms with Crippen LogP contribution in [0.15, 0.2) is 129 Å². The normalized spacial score (nSPS) is 12.9. The molecule has 1 aliphatic heterocycles. The van der Waals surface area contributed by atoms with Crippen molar-refractivity contribution in [3.63, 3.8) is 0 Å². The summed E-state index contributed by atoms with van der Waals surface area (Å²) >= 11 is 1.60. The lowest BCUT2D eigenvalue weighted by molar-refractivity contribution is 1.17. The van der Waals surface area contributed by atoms with E-state index in [1.165, 1.54) is 0 Å². The van der Waals surface area contributed by atoms with E-state index in [2.05, 4.69) is 33.6 Å². The van der Waals surface area contributed by atoms with Crippen molar-refractivity contribution in [3.8, 4) is 0 Å². The first-order valence-electron chi connectivity index (χ1n) is 12.1. The summed E-state index contributed by atoms with van der Waals surface area (Å²) in [5, 5.41) is 2.43. The van der Waals surface area contributed by atoms with Gasteiger partial charge in [-0.3, -0.25) is 9.59 Å². The summed E-state index contributed by atoms with van der Waals surface area (Å²) in [7, 11) is 0. The Kier molecular flexibility index (Phi) is 4.14. The highest BCUT2D eigenvalue weighted by molar-refractivity contribution is 8.00. The highest BCUT2D eigenvalue weighted by Gasteiger charge is 2.30. The largest absolute Gasteiger partial charge is 0.308 e. The molecule has 174 valence electrons. The van der Waals surface area contributed by atoms with Crippen molar-refractivity contribution in [2.45, 2.75) is 9.79 Å². The van der Waals surface area contributed by atoms with Crippen molar-refractivity contribution in [3.05, 3.63) is 130 Å². The average Bonchev–Trinajstić information content (AvgIpc) is 2.95. The Morgan fingerprint density at radius 3 is 1.95 bits per heavy atom. The molecule has 37 heavy (non-hydrogen) atoms. The quantitative estimate of drug-likeness (QED) is 0.175. The molecule has 3 heterocycles. The molecule has 0 spiro atoms. The van der Waals surface area contributed by atoms with Gasteiger partial charge in [0.1, 0.15) is 0 Å². The van der Waals surface area contributed by atoms with Gasteiger partial charge in [0, 0.05) is 31.6 Å². The molecule has 0 saturated heterocycles. The molecule has 0 N–H and O–H groups in total. The van der Waals surface area contributed by atoms with Gasteiger partial charge < -0.3 is 9.30 Å². The molecule has 0 aliphatic carbocycles. The van der Waals surface area contributed by atoms with E-state index in [1.807, 2.05) is 84.9 Å². The molecule has 0 bridgehead atoms. The highest BCUT2D eigenvalue weighted by Crippen LogP contribution is 2.53. The zero-order valence-electron chi connectivity index (χ0n) is 19.5. The van der Waals surface area contributed by atoms with Crippen LogP contribution < -0.4 is 15.8 Å². The first-order valence-corrected chi connectivity index (χ1v) is 12.9. The third-order valence-corrected chi connectivity index (χ3v) is 8.46. The van der Waals surface area contributed by atoms with E-state index in [4.69, 9.17) is 0 Å². The Morgan fingerprint density at radius 1 is 0.568 bits per heavy atom. The fourth-order valence-electron chi connectivity index (χ4n) is 5.72. The van der Waals surface area contributed by atoms with Gasteiger partial charge in [0.05, 0.1) is 33.3 Å². The second kappa shape index (κ2) is 7.45. The van der Waals surface area contributed by atoms with Gasteiger partial charge in [-0.25, -0.2) is 0 Å². The summed E-state index contributed by atoms with van der Waals surface area (Å²) in [4.78, 5) is 32.3. The lowest BCUT2D eigenvalue weighted by Crippen LogP contribution is -2.20. The van der Waals surface area contributed by atoms with Gasteiger partial charge in [-0.15, -0.1) is 0 Å². The van der Waals surface area contributed by atoms with Crippen LogP contribution in [0, 0.1) is 0 Å². The van der Waals surface area contributed by atoms with E-state index in [1.54, 1.807) is 11.8 Å². The minimum atomic E-state index is -0.0602. The van der Waals surface area contributed by atoms with E-state index < -0.39 is 0 Å². The van der Waals surface area contributed by atoms with Crippen molar-refractivity contribution in [1.82, 2.24) is 4.40 Å². The summed E-state index contributed by atoms with van der Waals surface area (Å²) in [5.41, 5.74) is 5.05. The van der Waals surface area contributed by atoms with Crippen molar-refractivity contribution >= 4 is 66.9 Å². The molecular formula is C32H18N2O2S. The number of para-hydroxylation sites is 4. The van der Waals surface area contributed by atoms with E-state index in [9.17, 15) is 9.59 Å². The number of hydrogen-bond donors (Lipinski definition) is 0. The van der Waals surface area contributed by atoms with Crippen LogP contribution in [0.1, 0.15) is 0 Å². The monoisotopic (exact) mass is 494 g/mol. The first-order chi connectivity index (χ1) is 18.2. The number of hydrogen-bond acceptors (Lipinski definition) is 4. The van der Waals surface area contributed by atoms with Gasteiger partial charge in [0.25, 0.3) is 0 Å². The van der Waals surface area contributed by atoms with E-state index in [-0.39, 0.29) is 10.9 Å². The lowest BCUT2D eigenvalue weighted by atomic mass is 10.0. The second-order valence-electron chi connectivity index (χ2n) is 9.26. The molecule has 7 aromatic rings. The maximum Gasteiger partial charge on any atom is 0.198 e. The SMILES string of the molecule is O=c1c2ccccc2n2c3ccccc3c(=O)c3c4c(cc1c32)N(c1ccccc1)c1ccccc1S4. The van der Waals surface area contributed by atoms with Crippen LogP contribution in [0.3, 0.4) is 0 Å². The van der Waals surface area contributed by atoms with Gasteiger partial charge in [-0.05, 0) is 54.6 Å². The first kappa shape index (κ1) is 20.6. The van der Waals surface area contributed by atoms with Crippen LogP contribution >= 0.6 is 11.8 Å². The van der Waals surface area contributed by atoms with Gasteiger partial charge >= 0.3 is 0 Å². The zero-order chi connectivity index (χ0) is 24.7. The summed E-state index contributed by atoms with van der Waals surface area (Å²) in [6, 6.07) is 35.7. The van der Waals surface area contributed by atoms with E-state index >= 15 is 0 Å². The molecule has 0 saturated carbocycles. The fourth-order valence-corrected chi connectivity index (χ4v) is 6.90. The van der Waals surface area contributed by atoms with Crippen LogP contribution in [-0.2, 0) is 0 Å². The summed E-state index contributed by atoms with van der Waals surface area (Å²) < 4.78 is 2.10. The molecule has 0 unspecified atom stereocenters. The molecule has 0 atom stereocenters. The number of anilines is 3. The smallest absolute Gasteiger partial charge is 0.198 e. The third kappa shape index (κ3) is 2.69. The highest BCUT2D eigenvalue weighted by atomic mass is 32.2. The molecule has 0 amide bonds. The summed E-state index contributed by atoms with van der Waals surface area (Å²) in [6.07, 6.45) is 0. The Bertz CT molecular complexity index is 2150. The van der Waals surface area contributed by atoms with Crippen LogP contribution in [0.4, 0.5) is 17.1 Å². The maximum absolute atomic E-state index is 14.2. The fraction of sp³-hybridized carbons (Fsp3) is 0. The summed E-state index contributed by atoms with van der Waals surface area (Å²) in [6.45, 7) is 0. The molecule has 5 aromatic carbocycles. The molecular weight excluding hydrogens is 476 g/mol. The number of rotatable bonds is 1. The van der Waals surface area contributed by atoms with Gasteiger partial charge in [-0.2, -0.15) is 0 Å². The van der Waals surface area contributed by atoms with Crippen LogP contribution in [-0.4, -0.2) is 4.40 Å². The molecule has 1 aliphatic rings. The zero-order valence-corrected chi connectivity index (χ0v) is 20.3. The van der Waals surface area contributed by atoms with Crippen molar-refractivity contribution in [2.75, 3.05) is 4.90 Å². The molecule has 0 fully saturated rings. The maximum atomic E-state index is 14.2. The van der Waals surface area contributed by atoms with E-state index in [0.717, 1.165) is 37.9 Å². The number of nitrogens with zero attached hydrogens (tertiary/aromatic N) is 2. The molecule has 4 nitrogen and oxygen atoms in total. The van der Waals surface area contributed by atoms with Gasteiger partial charge in [0.2, 0.25) is 0 Å². The Balaban J connectivity index is 1.67. The van der Waals surface area contributed by atoms with Crippen LogP contribution in [0.25, 0.3) is 38.1 Å². The number of fused-ring (bicyclic) bond motifs is 7. The average molecular weight is 495 g/mol. The number of pyridine rings is 2. The predicted molar refractivity (Wildman–Crippen MR) is 152 cm³/mol. The molecule has 5 heteroatoms. The second-order valence-corrected chi connectivity index (χ2v) is 10.3. The molecule has 0 radical (unpaired) electrons. The Labute approximate surface area is 215 Å². The molecule has 2 aromatic heterocycles. The Hall–Kier alpha value is -4.61. The number of aromatic nitrogens is 1. The third-order valence-electron chi connectivity index (χ3n) is 7.28. The summed E-state index contributed by atoms with van der Waals surface area (Å²) in [5.74, 6) is 0. The van der Waals surface area contributed by atoms with Crippen LogP contribution in [0.2, 0.25) is 0 Å².